The maximum Gasteiger partial charge on any atom is 0.225 e. The van der Waals surface area contributed by atoms with Crippen LogP contribution in [0.15, 0.2) is 0 Å². The van der Waals surface area contributed by atoms with Gasteiger partial charge in [-0.3, -0.25) is 9.59 Å². The Morgan fingerprint density at radius 1 is 1.53 bits per heavy atom. The zero-order valence-electron chi connectivity index (χ0n) is 11.1. The molecule has 2 atom stereocenters. The Morgan fingerprint density at radius 3 is 2.59 bits per heavy atom. The van der Waals surface area contributed by atoms with E-state index in [1.54, 1.807) is 0 Å². The van der Waals surface area contributed by atoms with E-state index in [-0.39, 0.29) is 23.8 Å². The molecule has 1 fully saturated rings. The van der Waals surface area contributed by atoms with Crippen molar-refractivity contribution in [2.45, 2.75) is 26.3 Å². The van der Waals surface area contributed by atoms with Gasteiger partial charge in [-0.25, -0.2) is 0 Å². The molecule has 0 aromatic carbocycles. The summed E-state index contributed by atoms with van der Waals surface area (Å²) in [4.78, 5) is 25.1. The van der Waals surface area contributed by atoms with Crippen molar-refractivity contribution in [3.05, 3.63) is 0 Å². The highest BCUT2D eigenvalue weighted by molar-refractivity contribution is 5.89. The fourth-order valence-electron chi connectivity index (χ4n) is 1.91. The molecule has 98 valence electrons. The number of likely N-dealkylation sites (N-methyl/N-ethyl adjacent to an activating group) is 1. The molecule has 0 radical (unpaired) electrons. The molecular weight excluding hydrogens is 218 g/mol. The van der Waals surface area contributed by atoms with Gasteiger partial charge in [0.25, 0.3) is 0 Å². The lowest BCUT2D eigenvalue weighted by Crippen LogP contribution is -2.47. The van der Waals surface area contributed by atoms with Gasteiger partial charge in [-0.15, -0.1) is 0 Å². The molecule has 0 bridgehead atoms. The first-order valence-corrected chi connectivity index (χ1v) is 6.12. The van der Waals surface area contributed by atoms with Crippen molar-refractivity contribution >= 4 is 11.8 Å². The largest absolute Gasteiger partial charge is 0.355 e. The second-order valence-corrected chi connectivity index (χ2v) is 5.33. The molecule has 1 saturated heterocycles. The summed E-state index contributed by atoms with van der Waals surface area (Å²) in [6, 6.07) is 0.133. The van der Waals surface area contributed by atoms with Crippen molar-refractivity contribution < 1.29 is 9.59 Å². The number of nitrogens with zero attached hydrogens (tertiary/aromatic N) is 1. The first-order chi connectivity index (χ1) is 7.90. The van der Waals surface area contributed by atoms with Gasteiger partial charge in [0.15, 0.2) is 0 Å². The molecule has 2 unspecified atom stereocenters. The standard InChI is InChI=1S/C12H23N3O2/c1-8(2)10(7-15(3)4)14-12(17)9-5-11(16)13-6-9/h8-10H,5-7H2,1-4H3,(H,13,16)(H,14,17). The van der Waals surface area contributed by atoms with Gasteiger partial charge in [-0.1, -0.05) is 13.8 Å². The molecule has 0 aromatic heterocycles. The fourth-order valence-corrected chi connectivity index (χ4v) is 1.91. The third-order valence-electron chi connectivity index (χ3n) is 3.04. The monoisotopic (exact) mass is 241 g/mol. The number of carbonyl (C=O) groups is 2. The lowest BCUT2D eigenvalue weighted by Gasteiger charge is -2.26. The van der Waals surface area contributed by atoms with E-state index < -0.39 is 0 Å². The Bertz CT molecular complexity index is 289. The van der Waals surface area contributed by atoms with Gasteiger partial charge in [0.1, 0.15) is 0 Å². The predicted molar refractivity (Wildman–Crippen MR) is 66.4 cm³/mol. The van der Waals surface area contributed by atoms with E-state index in [1.165, 1.54) is 0 Å². The molecule has 0 saturated carbocycles. The van der Waals surface area contributed by atoms with Crippen LogP contribution >= 0.6 is 0 Å². The van der Waals surface area contributed by atoms with Crippen LogP contribution in [0.5, 0.6) is 0 Å². The van der Waals surface area contributed by atoms with Crippen LogP contribution in [0.3, 0.4) is 0 Å². The Hall–Kier alpha value is -1.10. The van der Waals surface area contributed by atoms with Crippen LogP contribution in [0.1, 0.15) is 20.3 Å². The van der Waals surface area contributed by atoms with Crippen molar-refractivity contribution in [3.63, 3.8) is 0 Å². The van der Waals surface area contributed by atoms with E-state index in [0.717, 1.165) is 6.54 Å². The Balaban J connectivity index is 2.49. The van der Waals surface area contributed by atoms with Crippen molar-refractivity contribution in [3.8, 4) is 0 Å². The van der Waals surface area contributed by atoms with Gasteiger partial charge in [-0.05, 0) is 20.0 Å². The number of hydrogen-bond donors (Lipinski definition) is 2. The average molecular weight is 241 g/mol. The molecule has 17 heavy (non-hydrogen) atoms. The highest BCUT2D eigenvalue weighted by atomic mass is 16.2. The Morgan fingerprint density at radius 2 is 2.18 bits per heavy atom. The third-order valence-corrected chi connectivity index (χ3v) is 3.04. The minimum atomic E-state index is -0.203. The minimum absolute atomic E-state index is 0.0103. The Kier molecular flexibility index (Phi) is 4.93. The number of carbonyl (C=O) groups excluding carboxylic acids is 2. The molecular formula is C12H23N3O2. The zero-order chi connectivity index (χ0) is 13.0. The molecule has 5 nitrogen and oxygen atoms in total. The van der Waals surface area contributed by atoms with Gasteiger partial charge < -0.3 is 15.5 Å². The molecule has 1 heterocycles. The number of amides is 2. The first kappa shape index (κ1) is 14.0. The van der Waals surface area contributed by atoms with E-state index >= 15 is 0 Å². The van der Waals surface area contributed by atoms with E-state index in [0.29, 0.717) is 18.9 Å². The molecule has 2 amide bonds. The highest BCUT2D eigenvalue weighted by Gasteiger charge is 2.29. The average Bonchev–Trinajstić information content (AvgIpc) is 2.63. The SMILES string of the molecule is CC(C)C(CN(C)C)NC(=O)C1CNC(=O)C1. The lowest BCUT2D eigenvalue weighted by molar-refractivity contribution is -0.127. The second-order valence-electron chi connectivity index (χ2n) is 5.33. The first-order valence-electron chi connectivity index (χ1n) is 6.12. The molecule has 2 N–H and O–H groups in total. The van der Waals surface area contributed by atoms with Crippen molar-refractivity contribution in [2.75, 3.05) is 27.2 Å². The maximum atomic E-state index is 12.0. The van der Waals surface area contributed by atoms with Gasteiger partial charge in [0, 0.05) is 25.6 Å². The summed E-state index contributed by atoms with van der Waals surface area (Å²) in [5, 5.41) is 5.72. The van der Waals surface area contributed by atoms with Crippen LogP contribution in [-0.4, -0.2) is 49.9 Å². The van der Waals surface area contributed by atoms with E-state index in [4.69, 9.17) is 0 Å². The second kappa shape index (κ2) is 6.00. The Labute approximate surface area is 103 Å². The van der Waals surface area contributed by atoms with Crippen LogP contribution in [0.2, 0.25) is 0 Å². The predicted octanol–water partition coefficient (Wildman–Crippen LogP) is -0.175. The summed E-state index contributed by atoms with van der Waals surface area (Å²) in [5.41, 5.74) is 0. The summed E-state index contributed by atoms with van der Waals surface area (Å²) < 4.78 is 0. The molecule has 0 aliphatic carbocycles. The maximum absolute atomic E-state index is 12.0. The van der Waals surface area contributed by atoms with Crippen LogP contribution in [0.25, 0.3) is 0 Å². The van der Waals surface area contributed by atoms with Crippen LogP contribution < -0.4 is 10.6 Å². The van der Waals surface area contributed by atoms with E-state index in [9.17, 15) is 9.59 Å². The quantitative estimate of drug-likeness (QED) is 0.702. The number of nitrogens with one attached hydrogen (secondary N) is 2. The van der Waals surface area contributed by atoms with E-state index in [1.807, 2.05) is 14.1 Å². The zero-order valence-corrected chi connectivity index (χ0v) is 11.1. The summed E-state index contributed by atoms with van der Waals surface area (Å²) in [7, 11) is 3.98. The summed E-state index contributed by atoms with van der Waals surface area (Å²) in [5.74, 6) is 0.139. The van der Waals surface area contributed by atoms with Gasteiger partial charge in [0.05, 0.1) is 5.92 Å². The third kappa shape index (κ3) is 4.34. The topological polar surface area (TPSA) is 61.4 Å². The smallest absolute Gasteiger partial charge is 0.225 e. The summed E-state index contributed by atoms with van der Waals surface area (Å²) >= 11 is 0. The number of rotatable bonds is 5. The molecule has 1 rings (SSSR count). The van der Waals surface area contributed by atoms with Gasteiger partial charge in [0.2, 0.25) is 11.8 Å². The van der Waals surface area contributed by atoms with Crippen LogP contribution in [-0.2, 0) is 9.59 Å². The fraction of sp³-hybridized carbons (Fsp3) is 0.833. The van der Waals surface area contributed by atoms with Gasteiger partial charge >= 0.3 is 0 Å². The lowest BCUT2D eigenvalue weighted by atomic mass is 10.0. The molecule has 1 aliphatic heterocycles. The number of hydrogen-bond acceptors (Lipinski definition) is 3. The molecule has 5 heteroatoms. The van der Waals surface area contributed by atoms with Crippen molar-refractivity contribution in [1.29, 1.82) is 0 Å². The van der Waals surface area contributed by atoms with Crippen molar-refractivity contribution in [2.24, 2.45) is 11.8 Å². The summed E-state index contributed by atoms with van der Waals surface area (Å²) in [6.45, 7) is 5.47. The van der Waals surface area contributed by atoms with Crippen molar-refractivity contribution in [1.82, 2.24) is 15.5 Å². The van der Waals surface area contributed by atoms with Crippen LogP contribution in [0.4, 0.5) is 0 Å². The molecule has 1 aliphatic rings. The molecule has 0 spiro atoms. The molecule has 0 aromatic rings. The summed E-state index contributed by atoms with van der Waals surface area (Å²) in [6.07, 6.45) is 0.318. The van der Waals surface area contributed by atoms with Gasteiger partial charge in [-0.2, -0.15) is 0 Å². The minimum Gasteiger partial charge on any atom is -0.355 e. The normalized spacial score (nSPS) is 21.8. The van der Waals surface area contributed by atoms with E-state index in [2.05, 4.69) is 29.4 Å². The highest BCUT2D eigenvalue weighted by Crippen LogP contribution is 2.11. The van der Waals surface area contributed by atoms with Crippen LogP contribution in [0, 0.1) is 11.8 Å².